The molecular formula is C19H20FN7O. The molecule has 3 N–H and O–H groups in total. The Bertz CT molecular complexity index is 1010. The Morgan fingerprint density at radius 1 is 1.29 bits per heavy atom. The van der Waals surface area contributed by atoms with Gasteiger partial charge < -0.3 is 11.1 Å². The SMILES string of the molecule is Cn1nc(-c2ccc(NCC3(c4ncccc4F)CCC3)nn2)cc1C(N)=O. The summed E-state index contributed by atoms with van der Waals surface area (Å²) in [4.78, 5) is 15.6. The Kier molecular flexibility index (Phi) is 4.50. The van der Waals surface area contributed by atoms with Crippen molar-refractivity contribution in [2.24, 2.45) is 12.8 Å². The van der Waals surface area contributed by atoms with Gasteiger partial charge in [0.05, 0.1) is 5.69 Å². The molecule has 3 aromatic rings. The van der Waals surface area contributed by atoms with E-state index in [1.807, 2.05) is 0 Å². The largest absolute Gasteiger partial charge is 0.368 e. The summed E-state index contributed by atoms with van der Waals surface area (Å²) in [5, 5.41) is 15.8. The standard InChI is InChI=1S/C19H20FN7O/c1-27-15(18(21)28)10-14(26-27)13-5-6-16(25-24-13)23-11-19(7-3-8-19)17-12(20)4-2-9-22-17/h2,4-6,9-10H,3,7-8,11H2,1H3,(H2,21,28)(H,23,25). The highest BCUT2D eigenvalue weighted by Gasteiger charge is 2.41. The minimum absolute atomic E-state index is 0.272. The van der Waals surface area contributed by atoms with Crippen LogP contribution in [0.2, 0.25) is 0 Å². The minimum atomic E-state index is -0.556. The summed E-state index contributed by atoms with van der Waals surface area (Å²) in [6.45, 7) is 0.532. The number of primary amides is 1. The van der Waals surface area contributed by atoms with Gasteiger partial charge in [-0.3, -0.25) is 14.5 Å². The van der Waals surface area contributed by atoms with E-state index < -0.39 is 5.91 Å². The molecule has 8 nitrogen and oxygen atoms in total. The van der Waals surface area contributed by atoms with Gasteiger partial charge in [0.15, 0.2) is 0 Å². The number of carbonyl (C=O) groups excluding carboxylic acids is 1. The summed E-state index contributed by atoms with van der Waals surface area (Å²) in [5.74, 6) is -0.247. The average molecular weight is 381 g/mol. The number of nitrogens with two attached hydrogens (primary N) is 1. The highest BCUT2D eigenvalue weighted by Crippen LogP contribution is 2.43. The van der Waals surface area contributed by atoms with Gasteiger partial charge in [0.25, 0.3) is 5.91 Å². The first-order valence-corrected chi connectivity index (χ1v) is 9.01. The summed E-state index contributed by atoms with van der Waals surface area (Å²) in [6.07, 6.45) is 4.43. The molecule has 3 aromatic heterocycles. The van der Waals surface area contributed by atoms with Crippen molar-refractivity contribution in [2.75, 3.05) is 11.9 Å². The van der Waals surface area contributed by atoms with Crippen LogP contribution in [0.3, 0.4) is 0 Å². The van der Waals surface area contributed by atoms with Gasteiger partial charge >= 0.3 is 0 Å². The van der Waals surface area contributed by atoms with Crippen LogP contribution in [0, 0.1) is 5.82 Å². The van der Waals surface area contributed by atoms with E-state index in [9.17, 15) is 9.18 Å². The lowest BCUT2D eigenvalue weighted by Crippen LogP contribution is -2.42. The normalized spacial score (nSPS) is 15.1. The zero-order valence-electron chi connectivity index (χ0n) is 15.4. The number of halogens is 1. The molecule has 0 atom stereocenters. The fourth-order valence-corrected chi connectivity index (χ4v) is 3.52. The highest BCUT2D eigenvalue weighted by molar-refractivity contribution is 5.92. The van der Waals surface area contributed by atoms with Crippen molar-refractivity contribution in [3.05, 3.63) is 53.7 Å². The number of nitrogens with zero attached hydrogens (tertiary/aromatic N) is 5. The van der Waals surface area contributed by atoms with E-state index in [2.05, 4.69) is 25.6 Å². The fraction of sp³-hybridized carbons (Fsp3) is 0.316. The lowest BCUT2D eigenvalue weighted by molar-refractivity contribution is 0.0991. The molecule has 9 heteroatoms. The van der Waals surface area contributed by atoms with Crippen molar-refractivity contribution in [2.45, 2.75) is 24.7 Å². The summed E-state index contributed by atoms with van der Waals surface area (Å²) in [7, 11) is 1.64. The van der Waals surface area contributed by atoms with Crippen LogP contribution in [0.15, 0.2) is 36.5 Å². The minimum Gasteiger partial charge on any atom is -0.368 e. The quantitative estimate of drug-likeness (QED) is 0.676. The van der Waals surface area contributed by atoms with Crippen LogP contribution < -0.4 is 11.1 Å². The van der Waals surface area contributed by atoms with Crippen molar-refractivity contribution in [1.82, 2.24) is 25.0 Å². The highest BCUT2D eigenvalue weighted by atomic mass is 19.1. The van der Waals surface area contributed by atoms with E-state index in [0.717, 1.165) is 19.3 Å². The van der Waals surface area contributed by atoms with E-state index >= 15 is 0 Å². The summed E-state index contributed by atoms with van der Waals surface area (Å²) < 4.78 is 15.6. The number of aryl methyl sites for hydroxylation is 1. The van der Waals surface area contributed by atoms with E-state index in [1.165, 1.54) is 10.7 Å². The van der Waals surface area contributed by atoms with Gasteiger partial charge in [0.1, 0.15) is 28.7 Å². The number of hydrogen-bond acceptors (Lipinski definition) is 6. The summed E-state index contributed by atoms with van der Waals surface area (Å²) in [5.41, 5.74) is 6.84. The van der Waals surface area contributed by atoms with Crippen molar-refractivity contribution in [3.63, 3.8) is 0 Å². The zero-order valence-corrected chi connectivity index (χ0v) is 15.4. The van der Waals surface area contributed by atoms with Crippen LogP contribution in [-0.4, -0.2) is 37.4 Å². The molecule has 3 heterocycles. The first-order valence-electron chi connectivity index (χ1n) is 9.01. The topological polar surface area (TPSA) is 112 Å². The summed E-state index contributed by atoms with van der Waals surface area (Å²) in [6, 6.07) is 8.17. The molecule has 144 valence electrons. The summed E-state index contributed by atoms with van der Waals surface area (Å²) >= 11 is 0. The van der Waals surface area contributed by atoms with Crippen LogP contribution in [0.25, 0.3) is 11.4 Å². The van der Waals surface area contributed by atoms with Crippen LogP contribution in [0.1, 0.15) is 35.4 Å². The monoisotopic (exact) mass is 381 g/mol. The number of pyridine rings is 1. The molecule has 1 aliphatic rings. The number of nitrogens with one attached hydrogen (secondary N) is 1. The molecule has 1 fully saturated rings. The van der Waals surface area contributed by atoms with Crippen LogP contribution in [-0.2, 0) is 12.5 Å². The van der Waals surface area contributed by atoms with Crippen molar-refractivity contribution in [3.8, 4) is 11.4 Å². The molecular weight excluding hydrogens is 361 g/mol. The molecule has 0 bridgehead atoms. The van der Waals surface area contributed by atoms with Crippen molar-refractivity contribution < 1.29 is 9.18 Å². The van der Waals surface area contributed by atoms with E-state index in [-0.39, 0.29) is 11.2 Å². The van der Waals surface area contributed by atoms with Gasteiger partial charge in [-0.05, 0) is 43.2 Å². The third-order valence-electron chi connectivity index (χ3n) is 5.24. The van der Waals surface area contributed by atoms with Gasteiger partial charge in [0.2, 0.25) is 0 Å². The second kappa shape index (κ2) is 6.99. The maximum absolute atomic E-state index is 14.2. The first-order chi connectivity index (χ1) is 13.5. The average Bonchev–Trinajstić information content (AvgIpc) is 3.05. The Morgan fingerprint density at radius 3 is 2.68 bits per heavy atom. The molecule has 0 aliphatic heterocycles. The Hall–Kier alpha value is -3.36. The second-order valence-electron chi connectivity index (χ2n) is 7.03. The smallest absolute Gasteiger partial charge is 0.266 e. The van der Waals surface area contributed by atoms with Crippen molar-refractivity contribution in [1.29, 1.82) is 0 Å². The maximum Gasteiger partial charge on any atom is 0.266 e. The Morgan fingerprint density at radius 2 is 2.11 bits per heavy atom. The van der Waals surface area contributed by atoms with Gasteiger partial charge in [-0.25, -0.2) is 4.39 Å². The number of amides is 1. The molecule has 0 radical (unpaired) electrons. The first kappa shape index (κ1) is 18.0. The van der Waals surface area contributed by atoms with Crippen molar-refractivity contribution >= 4 is 11.7 Å². The number of carbonyl (C=O) groups is 1. The molecule has 0 saturated heterocycles. The third-order valence-corrected chi connectivity index (χ3v) is 5.24. The maximum atomic E-state index is 14.2. The molecule has 0 spiro atoms. The van der Waals surface area contributed by atoms with E-state index in [4.69, 9.17) is 5.73 Å². The lowest BCUT2D eigenvalue weighted by atomic mass is 9.66. The zero-order chi connectivity index (χ0) is 19.7. The van der Waals surface area contributed by atoms with Gasteiger partial charge in [-0.2, -0.15) is 5.10 Å². The van der Waals surface area contributed by atoms with Crippen LogP contribution in [0.4, 0.5) is 10.2 Å². The predicted molar refractivity (Wildman–Crippen MR) is 101 cm³/mol. The van der Waals surface area contributed by atoms with E-state index in [0.29, 0.717) is 35.1 Å². The number of aromatic nitrogens is 5. The molecule has 4 rings (SSSR count). The fourth-order valence-electron chi connectivity index (χ4n) is 3.52. The molecule has 1 saturated carbocycles. The molecule has 1 aliphatic carbocycles. The van der Waals surface area contributed by atoms with Gasteiger partial charge in [-0.1, -0.05) is 6.42 Å². The number of anilines is 1. The molecule has 0 unspecified atom stereocenters. The lowest BCUT2D eigenvalue weighted by Gasteiger charge is -2.41. The van der Waals surface area contributed by atoms with Crippen LogP contribution in [0.5, 0.6) is 0 Å². The Labute approximate surface area is 161 Å². The number of rotatable bonds is 6. The van der Waals surface area contributed by atoms with Gasteiger partial charge in [-0.15, -0.1) is 10.2 Å². The second-order valence-corrected chi connectivity index (χ2v) is 7.03. The molecule has 0 aromatic carbocycles. The predicted octanol–water partition coefficient (Wildman–Crippen LogP) is 2.04. The number of hydrogen-bond donors (Lipinski definition) is 2. The molecule has 1 amide bonds. The van der Waals surface area contributed by atoms with E-state index in [1.54, 1.807) is 37.5 Å². The third kappa shape index (κ3) is 3.19. The Balaban J connectivity index is 1.48. The van der Waals surface area contributed by atoms with Gasteiger partial charge in [0, 0.05) is 25.2 Å². The molecule has 28 heavy (non-hydrogen) atoms. The van der Waals surface area contributed by atoms with Crippen LogP contribution >= 0.6 is 0 Å².